The van der Waals surface area contributed by atoms with Crippen LogP contribution < -0.4 is 10.6 Å². The quantitative estimate of drug-likeness (QED) is 0.848. The van der Waals surface area contributed by atoms with Crippen LogP contribution in [-0.4, -0.2) is 21.5 Å². The van der Waals surface area contributed by atoms with Gasteiger partial charge in [-0.1, -0.05) is 25.3 Å². The molecule has 0 amide bonds. The van der Waals surface area contributed by atoms with Gasteiger partial charge in [0.05, 0.1) is 0 Å². The van der Waals surface area contributed by atoms with Gasteiger partial charge in [0, 0.05) is 12.2 Å². The minimum atomic E-state index is -0.328. The van der Waals surface area contributed by atoms with Crippen molar-refractivity contribution in [3.8, 4) is 0 Å². The first kappa shape index (κ1) is 15.9. The predicted octanol–water partition coefficient (Wildman–Crippen LogP) is 4.40. The van der Waals surface area contributed by atoms with Crippen LogP contribution in [0.15, 0.2) is 24.3 Å². The highest BCUT2D eigenvalue weighted by Gasteiger charge is 2.14. The highest BCUT2D eigenvalue weighted by Crippen LogP contribution is 2.24. The van der Waals surface area contributed by atoms with Crippen LogP contribution in [-0.2, 0) is 0 Å². The fourth-order valence-electron chi connectivity index (χ4n) is 2.81. The molecule has 1 saturated carbocycles. The van der Waals surface area contributed by atoms with Crippen molar-refractivity contribution in [3.63, 3.8) is 0 Å². The van der Waals surface area contributed by atoms with Gasteiger partial charge in [0.15, 0.2) is 0 Å². The van der Waals surface area contributed by atoms with E-state index >= 15 is 0 Å². The zero-order valence-corrected chi connectivity index (χ0v) is 13.5. The van der Waals surface area contributed by atoms with E-state index in [0.29, 0.717) is 23.5 Å². The SMILES string of the molecule is Fc1cccc(Nc2nc(Cl)nc(NCC3CCCCC3)n2)c1. The number of rotatable bonds is 5. The average Bonchev–Trinajstić information content (AvgIpc) is 2.53. The Bertz CT molecular complexity index is 661. The Morgan fingerprint density at radius 3 is 2.65 bits per heavy atom. The summed E-state index contributed by atoms with van der Waals surface area (Å²) in [5.41, 5.74) is 0.561. The van der Waals surface area contributed by atoms with E-state index in [0.717, 1.165) is 6.54 Å². The third-order valence-corrected chi connectivity index (χ3v) is 4.13. The van der Waals surface area contributed by atoms with Gasteiger partial charge >= 0.3 is 0 Å². The number of hydrogen-bond acceptors (Lipinski definition) is 5. The minimum absolute atomic E-state index is 0.102. The van der Waals surface area contributed by atoms with Crippen LogP contribution in [0, 0.1) is 11.7 Å². The van der Waals surface area contributed by atoms with Crippen LogP contribution >= 0.6 is 11.6 Å². The standard InChI is InChI=1S/C16H19ClFN5/c17-14-21-15(19-10-11-5-2-1-3-6-11)23-16(22-14)20-13-8-4-7-12(18)9-13/h4,7-9,11H,1-3,5-6,10H2,(H2,19,20,21,22,23). The van der Waals surface area contributed by atoms with Crippen LogP contribution in [0.3, 0.4) is 0 Å². The second-order valence-electron chi connectivity index (χ2n) is 5.77. The van der Waals surface area contributed by atoms with E-state index in [9.17, 15) is 4.39 Å². The molecular formula is C16H19ClFN5. The van der Waals surface area contributed by atoms with Crippen molar-refractivity contribution in [2.24, 2.45) is 5.92 Å². The van der Waals surface area contributed by atoms with Crippen molar-refractivity contribution in [1.82, 2.24) is 15.0 Å². The molecule has 1 heterocycles. The maximum atomic E-state index is 13.2. The number of anilines is 3. The minimum Gasteiger partial charge on any atom is -0.354 e. The smallest absolute Gasteiger partial charge is 0.233 e. The zero-order valence-electron chi connectivity index (χ0n) is 12.7. The Morgan fingerprint density at radius 1 is 1.09 bits per heavy atom. The molecule has 1 aromatic carbocycles. The predicted molar refractivity (Wildman–Crippen MR) is 89.6 cm³/mol. The first-order valence-corrected chi connectivity index (χ1v) is 8.25. The van der Waals surface area contributed by atoms with Gasteiger partial charge in [-0.25, -0.2) is 4.39 Å². The second-order valence-corrected chi connectivity index (χ2v) is 6.11. The molecule has 7 heteroatoms. The van der Waals surface area contributed by atoms with Gasteiger partial charge in [0.25, 0.3) is 0 Å². The molecule has 1 aliphatic rings. The average molecular weight is 336 g/mol. The largest absolute Gasteiger partial charge is 0.354 e. The molecule has 1 fully saturated rings. The van der Waals surface area contributed by atoms with E-state index < -0.39 is 0 Å². The van der Waals surface area contributed by atoms with Crippen molar-refractivity contribution >= 4 is 29.2 Å². The monoisotopic (exact) mass is 335 g/mol. The molecule has 0 aliphatic heterocycles. The summed E-state index contributed by atoms with van der Waals surface area (Å²) in [7, 11) is 0. The lowest BCUT2D eigenvalue weighted by Gasteiger charge is -2.21. The normalized spacial score (nSPS) is 15.4. The van der Waals surface area contributed by atoms with Crippen molar-refractivity contribution in [2.75, 3.05) is 17.2 Å². The number of halogens is 2. The van der Waals surface area contributed by atoms with Crippen LogP contribution in [0.5, 0.6) is 0 Å². The Morgan fingerprint density at radius 2 is 1.87 bits per heavy atom. The third kappa shape index (κ3) is 4.76. The molecule has 1 aliphatic carbocycles. The lowest BCUT2D eigenvalue weighted by atomic mass is 9.89. The molecule has 23 heavy (non-hydrogen) atoms. The van der Waals surface area contributed by atoms with E-state index in [1.165, 1.54) is 44.2 Å². The summed E-state index contributed by atoms with van der Waals surface area (Å²) in [5, 5.41) is 6.27. The maximum Gasteiger partial charge on any atom is 0.233 e. The molecule has 0 spiro atoms. The summed E-state index contributed by atoms with van der Waals surface area (Å²) in [6, 6.07) is 6.09. The number of nitrogens with one attached hydrogen (secondary N) is 2. The molecule has 3 rings (SSSR count). The van der Waals surface area contributed by atoms with Crippen LogP contribution in [0.2, 0.25) is 5.28 Å². The number of benzene rings is 1. The van der Waals surface area contributed by atoms with Gasteiger partial charge in [-0.3, -0.25) is 0 Å². The Labute approximate surface area is 139 Å². The van der Waals surface area contributed by atoms with E-state index in [2.05, 4.69) is 25.6 Å². The summed E-state index contributed by atoms with van der Waals surface area (Å²) in [6.45, 7) is 0.833. The Kier molecular flexibility index (Phi) is 5.23. The van der Waals surface area contributed by atoms with E-state index in [4.69, 9.17) is 11.6 Å². The summed E-state index contributed by atoms with van der Waals surface area (Å²) in [4.78, 5) is 12.4. The molecular weight excluding hydrogens is 317 g/mol. The summed E-state index contributed by atoms with van der Waals surface area (Å²) in [5.74, 6) is 1.06. The fraction of sp³-hybridized carbons (Fsp3) is 0.438. The molecule has 0 saturated heterocycles. The number of nitrogens with zero attached hydrogens (tertiary/aromatic N) is 3. The molecule has 0 unspecified atom stereocenters. The van der Waals surface area contributed by atoms with Crippen molar-refractivity contribution in [3.05, 3.63) is 35.4 Å². The first-order chi connectivity index (χ1) is 11.2. The van der Waals surface area contributed by atoms with Gasteiger partial charge in [-0.15, -0.1) is 0 Å². The van der Waals surface area contributed by atoms with Gasteiger partial charge in [-0.05, 0) is 48.6 Å². The summed E-state index contributed by atoms with van der Waals surface area (Å²) >= 11 is 5.95. The van der Waals surface area contributed by atoms with E-state index in [1.54, 1.807) is 12.1 Å². The maximum absolute atomic E-state index is 13.2. The molecule has 2 N–H and O–H groups in total. The molecule has 122 valence electrons. The highest BCUT2D eigenvalue weighted by atomic mass is 35.5. The third-order valence-electron chi connectivity index (χ3n) is 3.96. The topological polar surface area (TPSA) is 62.7 Å². The molecule has 0 radical (unpaired) electrons. The van der Waals surface area contributed by atoms with Crippen LogP contribution in [0.25, 0.3) is 0 Å². The Balaban J connectivity index is 1.66. The van der Waals surface area contributed by atoms with Crippen LogP contribution in [0.1, 0.15) is 32.1 Å². The second kappa shape index (κ2) is 7.55. The van der Waals surface area contributed by atoms with Crippen molar-refractivity contribution in [2.45, 2.75) is 32.1 Å². The number of hydrogen-bond donors (Lipinski definition) is 2. The molecule has 0 bridgehead atoms. The number of aromatic nitrogens is 3. The zero-order chi connectivity index (χ0) is 16.1. The fourth-order valence-corrected chi connectivity index (χ4v) is 2.97. The van der Waals surface area contributed by atoms with Crippen molar-refractivity contribution in [1.29, 1.82) is 0 Å². The van der Waals surface area contributed by atoms with Gasteiger partial charge in [0.2, 0.25) is 17.2 Å². The lowest BCUT2D eigenvalue weighted by Crippen LogP contribution is -2.18. The highest BCUT2D eigenvalue weighted by molar-refractivity contribution is 6.28. The summed E-state index contributed by atoms with van der Waals surface area (Å²) < 4.78 is 13.2. The lowest BCUT2D eigenvalue weighted by molar-refractivity contribution is 0.373. The molecule has 1 aromatic heterocycles. The van der Waals surface area contributed by atoms with Gasteiger partial charge < -0.3 is 10.6 Å². The molecule has 2 aromatic rings. The van der Waals surface area contributed by atoms with Crippen molar-refractivity contribution < 1.29 is 4.39 Å². The molecule has 0 atom stereocenters. The van der Waals surface area contributed by atoms with E-state index in [-0.39, 0.29) is 11.1 Å². The van der Waals surface area contributed by atoms with Gasteiger partial charge in [-0.2, -0.15) is 15.0 Å². The van der Waals surface area contributed by atoms with E-state index in [1.807, 2.05) is 0 Å². The molecule has 5 nitrogen and oxygen atoms in total. The van der Waals surface area contributed by atoms with Crippen LogP contribution in [0.4, 0.5) is 22.0 Å². The van der Waals surface area contributed by atoms with Gasteiger partial charge in [0.1, 0.15) is 5.82 Å². The first-order valence-electron chi connectivity index (χ1n) is 7.87. The summed E-state index contributed by atoms with van der Waals surface area (Å²) in [6.07, 6.45) is 6.38. The Hall–Kier alpha value is -1.95.